The Morgan fingerprint density at radius 1 is 1.28 bits per heavy atom. The number of likely N-dealkylation sites (tertiary alicyclic amines) is 1. The summed E-state index contributed by atoms with van der Waals surface area (Å²) in [6.45, 7) is 0.603. The molecule has 1 heterocycles. The lowest BCUT2D eigenvalue weighted by atomic mass is 10.1. The fourth-order valence-electron chi connectivity index (χ4n) is 1.94. The molecule has 18 heavy (non-hydrogen) atoms. The summed E-state index contributed by atoms with van der Waals surface area (Å²) < 4.78 is 23.2. The molecule has 1 N–H and O–H groups in total. The van der Waals surface area contributed by atoms with Gasteiger partial charge in [-0.05, 0) is 44.2 Å². The third-order valence-corrected chi connectivity index (χ3v) is 3.02. The van der Waals surface area contributed by atoms with Crippen molar-refractivity contribution in [3.63, 3.8) is 0 Å². The van der Waals surface area contributed by atoms with Gasteiger partial charge in [0.2, 0.25) is 0 Å². The van der Waals surface area contributed by atoms with E-state index in [0.717, 1.165) is 25.9 Å². The predicted octanol–water partition coefficient (Wildman–Crippen LogP) is 1.59. The third kappa shape index (κ3) is 3.94. The molecule has 0 aliphatic carbocycles. The minimum absolute atomic E-state index is 0.0108. The molecule has 1 atom stereocenters. The SMILES string of the molecule is CN1CCC(OC(O)Oc2ccc(F)cc2)CC1. The van der Waals surface area contributed by atoms with E-state index in [-0.39, 0.29) is 11.9 Å². The topological polar surface area (TPSA) is 41.9 Å². The van der Waals surface area contributed by atoms with Crippen molar-refractivity contribution in [2.45, 2.75) is 25.4 Å². The average molecular weight is 255 g/mol. The zero-order valence-corrected chi connectivity index (χ0v) is 10.4. The van der Waals surface area contributed by atoms with E-state index in [9.17, 15) is 9.50 Å². The van der Waals surface area contributed by atoms with Gasteiger partial charge in [-0.3, -0.25) is 0 Å². The molecule has 0 bridgehead atoms. The molecule has 1 saturated heterocycles. The summed E-state index contributed by atoms with van der Waals surface area (Å²) in [7, 11) is 2.06. The van der Waals surface area contributed by atoms with Crippen LogP contribution in [-0.4, -0.2) is 42.7 Å². The Hall–Kier alpha value is -1.17. The predicted molar refractivity (Wildman–Crippen MR) is 64.6 cm³/mol. The highest BCUT2D eigenvalue weighted by molar-refractivity contribution is 5.21. The largest absolute Gasteiger partial charge is 0.441 e. The van der Waals surface area contributed by atoms with Gasteiger partial charge >= 0.3 is 6.48 Å². The Bertz CT molecular complexity index is 363. The Morgan fingerprint density at radius 3 is 2.50 bits per heavy atom. The number of nitrogens with zero attached hydrogens (tertiary/aromatic N) is 1. The third-order valence-electron chi connectivity index (χ3n) is 3.02. The van der Waals surface area contributed by atoms with Crippen LogP contribution in [0, 0.1) is 5.82 Å². The molecule has 0 amide bonds. The lowest BCUT2D eigenvalue weighted by Crippen LogP contribution is -2.37. The average Bonchev–Trinajstić information content (AvgIpc) is 2.35. The molecular weight excluding hydrogens is 237 g/mol. The number of benzene rings is 1. The van der Waals surface area contributed by atoms with E-state index in [4.69, 9.17) is 9.47 Å². The van der Waals surface area contributed by atoms with Crippen molar-refractivity contribution in [2.24, 2.45) is 0 Å². The first-order chi connectivity index (χ1) is 8.63. The van der Waals surface area contributed by atoms with Crippen LogP contribution in [0.2, 0.25) is 0 Å². The van der Waals surface area contributed by atoms with E-state index in [1.807, 2.05) is 0 Å². The molecule has 1 aromatic rings. The molecule has 1 fully saturated rings. The standard InChI is InChI=1S/C13H18FNO3/c1-15-8-6-12(7-9-15)18-13(16)17-11-4-2-10(14)3-5-11/h2-5,12-13,16H,6-9H2,1H3. The maximum absolute atomic E-state index is 12.7. The monoisotopic (exact) mass is 255 g/mol. The molecule has 0 spiro atoms. The maximum Gasteiger partial charge on any atom is 0.313 e. The van der Waals surface area contributed by atoms with Crippen LogP contribution in [-0.2, 0) is 4.74 Å². The highest BCUT2D eigenvalue weighted by Crippen LogP contribution is 2.17. The molecule has 0 saturated carbocycles. The van der Waals surface area contributed by atoms with Gasteiger partial charge in [0.15, 0.2) is 0 Å². The molecule has 4 nitrogen and oxygen atoms in total. The van der Waals surface area contributed by atoms with E-state index in [1.54, 1.807) is 0 Å². The zero-order chi connectivity index (χ0) is 13.0. The van der Waals surface area contributed by atoms with Gasteiger partial charge < -0.3 is 19.5 Å². The normalized spacial score (nSPS) is 19.7. The van der Waals surface area contributed by atoms with Gasteiger partial charge in [-0.1, -0.05) is 0 Å². The van der Waals surface area contributed by atoms with E-state index < -0.39 is 6.48 Å². The first-order valence-corrected chi connectivity index (χ1v) is 6.08. The number of piperidine rings is 1. The van der Waals surface area contributed by atoms with E-state index in [2.05, 4.69) is 11.9 Å². The fraction of sp³-hybridized carbons (Fsp3) is 0.538. The maximum atomic E-state index is 12.7. The summed E-state index contributed by atoms with van der Waals surface area (Å²) in [6.07, 6.45) is 1.76. The van der Waals surface area contributed by atoms with Crippen LogP contribution in [0.3, 0.4) is 0 Å². The van der Waals surface area contributed by atoms with Crippen molar-refractivity contribution >= 4 is 0 Å². The summed E-state index contributed by atoms with van der Waals surface area (Å²) >= 11 is 0. The van der Waals surface area contributed by atoms with Gasteiger partial charge in [-0.15, -0.1) is 0 Å². The lowest BCUT2D eigenvalue weighted by Gasteiger charge is -2.30. The van der Waals surface area contributed by atoms with Gasteiger partial charge in [0.25, 0.3) is 0 Å². The lowest BCUT2D eigenvalue weighted by molar-refractivity contribution is -0.245. The Kier molecular flexibility index (Phi) is 4.52. The molecule has 1 aromatic carbocycles. The Morgan fingerprint density at radius 2 is 1.89 bits per heavy atom. The van der Waals surface area contributed by atoms with Crippen LogP contribution in [0.4, 0.5) is 4.39 Å². The van der Waals surface area contributed by atoms with Gasteiger partial charge in [-0.25, -0.2) is 4.39 Å². The summed E-state index contributed by atoms with van der Waals surface area (Å²) in [5.74, 6) is 0.0462. The van der Waals surface area contributed by atoms with Crippen molar-refractivity contribution in [3.05, 3.63) is 30.1 Å². The van der Waals surface area contributed by atoms with Crippen LogP contribution in [0.1, 0.15) is 12.8 Å². The first-order valence-electron chi connectivity index (χ1n) is 6.08. The molecule has 1 unspecified atom stereocenters. The minimum atomic E-state index is -1.30. The molecule has 100 valence electrons. The number of halogens is 1. The second-order valence-electron chi connectivity index (χ2n) is 4.52. The van der Waals surface area contributed by atoms with E-state index in [0.29, 0.717) is 5.75 Å². The van der Waals surface area contributed by atoms with E-state index in [1.165, 1.54) is 24.3 Å². The number of ether oxygens (including phenoxy) is 2. The number of rotatable bonds is 4. The van der Waals surface area contributed by atoms with E-state index >= 15 is 0 Å². The highest BCUT2D eigenvalue weighted by Gasteiger charge is 2.20. The van der Waals surface area contributed by atoms with Crippen LogP contribution in [0.15, 0.2) is 24.3 Å². The van der Waals surface area contributed by atoms with Gasteiger partial charge in [0, 0.05) is 13.1 Å². The van der Waals surface area contributed by atoms with Crippen LogP contribution in [0.5, 0.6) is 5.75 Å². The van der Waals surface area contributed by atoms with Crippen molar-refractivity contribution in [1.29, 1.82) is 0 Å². The van der Waals surface area contributed by atoms with Crippen LogP contribution in [0.25, 0.3) is 0 Å². The minimum Gasteiger partial charge on any atom is -0.441 e. The number of hydrogen-bond acceptors (Lipinski definition) is 4. The van der Waals surface area contributed by atoms with Gasteiger partial charge in [0.1, 0.15) is 11.6 Å². The number of aliphatic hydroxyl groups excluding tert-OH is 1. The molecule has 0 radical (unpaired) electrons. The smallest absolute Gasteiger partial charge is 0.313 e. The molecular formula is C13H18FNO3. The molecule has 0 aromatic heterocycles. The second-order valence-corrected chi connectivity index (χ2v) is 4.52. The quantitative estimate of drug-likeness (QED) is 0.830. The van der Waals surface area contributed by atoms with Crippen molar-refractivity contribution in [2.75, 3.05) is 20.1 Å². The van der Waals surface area contributed by atoms with Crippen molar-refractivity contribution in [3.8, 4) is 5.75 Å². The summed E-state index contributed by atoms with van der Waals surface area (Å²) in [5, 5.41) is 9.64. The first kappa shape index (κ1) is 13.3. The fourth-order valence-corrected chi connectivity index (χ4v) is 1.94. The number of aliphatic hydroxyl groups is 1. The van der Waals surface area contributed by atoms with Gasteiger partial charge in [-0.2, -0.15) is 0 Å². The number of hydrogen-bond donors (Lipinski definition) is 1. The molecule has 1 aliphatic heterocycles. The highest BCUT2D eigenvalue weighted by atomic mass is 19.1. The molecule has 1 aliphatic rings. The summed E-state index contributed by atoms with van der Waals surface area (Å²) in [6, 6.07) is 5.46. The van der Waals surface area contributed by atoms with Crippen LogP contribution < -0.4 is 4.74 Å². The van der Waals surface area contributed by atoms with Gasteiger partial charge in [0.05, 0.1) is 6.10 Å². The Balaban J connectivity index is 1.78. The van der Waals surface area contributed by atoms with Crippen molar-refractivity contribution in [1.82, 2.24) is 4.90 Å². The second kappa shape index (κ2) is 6.13. The molecule has 5 heteroatoms. The zero-order valence-electron chi connectivity index (χ0n) is 10.4. The Labute approximate surface area is 106 Å². The van der Waals surface area contributed by atoms with Crippen LogP contribution >= 0.6 is 0 Å². The molecule has 2 rings (SSSR count). The van der Waals surface area contributed by atoms with Crippen molar-refractivity contribution < 1.29 is 19.0 Å². The summed E-state index contributed by atoms with van der Waals surface area (Å²) in [4.78, 5) is 2.22. The summed E-state index contributed by atoms with van der Waals surface area (Å²) in [5.41, 5.74) is 0.